The third-order valence-corrected chi connectivity index (χ3v) is 7.84. The molecule has 0 aliphatic carbocycles. The average molecular weight is 605 g/mol. The zero-order valence-corrected chi connectivity index (χ0v) is 26.5. The van der Waals surface area contributed by atoms with Gasteiger partial charge in [-0.2, -0.15) is 15.2 Å². The van der Waals surface area contributed by atoms with Crippen molar-refractivity contribution < 1.29 is 9.53 Å². The van der Waals surface area contributed by atoms with Crippen molar-refractivity contribution >= 4 is 28.1 Å². The van der Waals surface area contributed by atoms with Gasteiger partial charge in [0.25, 0.3) is 0 Å². The Morgan fingerprint density at radius 1 is 1.20 bits per heavy atom. The number of rotatable bonds is 17. The van der Waals surface area contributed by atoms with E-state index in [1.807, 2.05) is 25.3 Å². The van der Waals surface area contributed by atoms with Gasteiger partial charge in [0.2, 0.25) is 0 Å². The van der Waals surface area contributed by atoms with Crippen LogP contribution in [0.4, 0.5) is 11.5 Å². The van der Waals surface area contributed by atoms with E-state index in [1.54, 1.807) is 6.08 Å². The molecule has 0 bridgehead atoms. The highest BCUT2D eigenvalue weighted by molar-refractivity contribution is 5.94. The van der Waals surface area contributed by atoms with Crippen LogP contribution in [0.2, 0.25) is 0 Å². The minimum Gasteiger partial charge on any atom is -0.457 e. The fourth-order valence-electron chi connectivity index (χ4n) is 5.60. The van der Waals surface area contributed by atoms with Crippen molar-refractivity contribution in [1.29, 1.82) is 5.26 Å². The maximum Gasteiger partial charge on any atom is 0.319 e. The number of anilines is 2. The van der Waals surface area contributed by atoms with Gasteiger partial charge in [0.15, 0.2) is 5.78 Å². The van der Waals surface area contributed by atoms with Crippen molar-refractivity contribution in [3.05, 3.63) is 103 Å². The van der Waals surface area contributed by atoms with Crippen molar-refractivity contribution in [2.24, 2.45) is 5.92 Å². The monoisotopic (exact) mass is 604 g/mol. The Morgan fingerprint density at radius 2 is 2.02 bits per heavy atom. The molecule has 0 radical (unpaired) electrons. The summed E-state index contributed by atoms with van der Waals surface area (Å²) in [7, 11) is 0. The summed E-state index contributed by atoms with van der Waals surface area (Å²) < 4.78 is 6.22. The van der Waals surface area contributed by atoms with Crippen molar-refractivity contribution in [2.45, 2.75) is 52.5 Å². The molecular formula is C37H44N6O2. The largest absolute Gasteiger partial charge is 0.457 e. The highest BCUT2D eigenvalue weighted by Gasteiger charge is 2.27. The molecule has 4 rings (SSSR count). The van der Waals surface area contributed by atoms with Gasteiger partial charge in [-0.25, -0.2) is 0 Å². The first kappa shape index (κ1) is 33.0. The van der Waals surface area contributed by atoms with Crippen molar-refractivity contribution in [2.75, 3.05) is 36.0 Å². The maximum absolute atomic E-state index is 11.9. The number of carbonyl (C=O) groups is 1. The van der Waals surface area contributed by atoms with E-state index in [2.05, 4.69) is 83.7 Å². The molecule has 1 atom stereocenters. The molecule has 0 saturated carbocycles. The van der Waals surface area contributed by atoms with Crippen molar-refractivity contribution in [3.63, 3.8) is 0 Å². The molecule has 1 N–H and O–H groups in total. The van der Waals surface area contributed by atoms with Gasteiger partial charge in [-0.05, 0) is 61.9 Å². The van der Waals surface area contributed by atoms with Crippen LogP contribution in [0.25, 0.3) is 10.8 Å². The van der Waals surface area contributed by atoms with Crippen LogP contribution in [0, 0.1) is 17.2 Å². The summed E-state index contributed by atoms with van der Waals surface area (Å²) in [6, 6.07) is 17.5. The van der Waals surface area contributed by atoms with E-state index in [0.29, 0.717) is 38.5 Å². The van der Waals surface area contributed by atoms with E-state index in [1.165, 1.54) is 22.5 Å². The third-order valence-electron chi connectivity index (χ3n) is 7.84. The normalized spacial score (nSPS) is 13.6. The fraction of sp³-hybridized carbons (Fsp3) is 0.351. The Labute approximate surface area is 267 Å². The first-order valence-electron chi connectivity index (χ1n) is 15.7. The van der Waals surface area contributed by atoms with Crippen LogP contribution in [0.3, 0.4) is 0 Å². The zero-order valence-electron chi connectivity index (χ0n) is 26.5. The second-order valence-corrected chi connectivity index (χ2v) is 11.3. The number of ketones is 1. The van der Waals surface area contributed by atoms with E-state index in [4.69, 9.17) is 14.7 Å². The molecule has 8 heteroatoms. The van der Waals surface area contributed by atoms with Gasteiger partial charge in [0.1, 0.15) is 12.4 Å². The first-order chi connectivity index (χ1) is 22.0. The maximum atomic E-state index is 11.9. The number of unbranched alkanes of at least 4 members (excludes halogenated alkanes) is 1. The number of allylic oxidation sites excluding steroid dienone is 4. The van der Waals surface area contributed by atoms with Gasteiger partial charge in [-0.1, -0.05) is 68.6 Å². The second kappa shape index (κ2) is 16.8. The average Bonchev–Trinajstić information content (AvgIpc) is 3.06. The van der Waals surface area contributed by atoms with E-state index in [-0.39, 0.29) is 18.3 Å². The van der Waals surface area contributed by atoms with Crippen LogP contribution in [-0.2, 0) is 17.8 Å². The SMILES string of the molecule is C=C/C=C(/COc1nc2c(c(N(CCCCC(=O)C=C)C[C@@H](C)CC#N)n1)CCN(c1cccc3ccccc13)C2)N/C=C\C. The summed E-state index contributed by atoms with van der Waals surface area (Å²) in [6.45, 7) is 14.5. The molecule has 8 nitrogen and oxygen atoms in total. The van der Waals surface area contributed by atoms with Gasteiger partial charge in [0, 0.05) is 49.1 Å². The van der Waals surface area contributed by atoms with Crippen LogP contribution in [0.1, 0.15) is 50.8 Å². The summed E-state index contributed by atoms with van der Waals surface area (Å²) >= 11 is 0. The van der Waals surface area contributed by atoms with Crippen LogP contribution >= 0.6 is 0 Å². The predicted octanol–water partition coefficient (Wildman–Crippen LogP) is 7.05. The molecule has 0 unspecified atom stereocenters. The van der Waals surface area contributed by atoms with E-state index < -0.39 is 0 Å². The lowest BCUT2D eigenvalue weighted by Gasteiger charge is -2.35. The summed E-state index contributed by atoms with van der Waals surface area (Å²) in [4.78, 5) is 26.5. The molecule has 45 heavy (non-hydrogen) atoms. The molecule has 0 fully saturated rings. The smallest absolute Gasteiger partial charge is 0.319 e. The third kappa shape index (κ3) is 9.05. The molecular weight excluding hydrogens is 560 g/mol. The Kier molecular flexibility index (Phi) is 12.3. The number of hydrogen-bond donors (Lipinski definition) is 1. The first-order valence-corrected chi connectivity index (χ1v) is 15.7. The lowest BCUT2D eigenvalue weighted by molar-refractivity contribution is -0.114. The molecule has 1 aliphatic heterocycles. The van der Waals surface area contributed by atoms with Crippen molar-refractivity contribution in [3.8, 4) is 12.1 Å². The number of ether oxygens (including phenoxy) is 1. The summed E-state index contributed by atoms with van der Waals surface area (Å²) in [5.74, 6) is 1.05. The van der Waals surface area contributed by atoms with E-state index in [0.717, 1.165) is 48.6 Å². The van der Waals surface area contributed by atoms with Crippen LogP contribution in [0.5, 0.6) is 6.01 Å². The van der Waals surface area contributed by atoms with Crippen molar-refractivity contribution in [1.82, 2.24) is 15.3 Å². The molecule has 234 valence electrons. The molecule has 3 aromatic rings. The van der Waals surface area contributed by atoms with Gasteiger partial charge in [-0.15, -0.1) is 0 Å². The Balaban J connectivity index is 1.70. The number of fused-ring (bicyclic) bond motifs is 2. The van der Waals surface area contributed by atoms with Crippen LogP contribution in [0.15, 0.2) is 91.8 Å². The lowest BCUT2D eigenvalue weighted by atomic mass is 10.0. The number of benzene rings is 2. The number of carbonyl (C=O) groups excluding carboxylic acids is 1. The van der Waals surface area contributed by atoms with Gasteiger partial charge in [-0.3, -0.25) is 4.79 Å². The highest BCUT2D eigenvalue weighted by atomic mass is 16.5. The van der Waals surface area contributed by atoms with Gasteiger partial charge >= 0.3 is 6.01 Å². The molecule has 2 aromatic carbocycles. The van der Waals surface area contributed by atoms with Gasteiger partial charge < -0.3 is 19.9 Å². The molecule has 2 heterocycles. The summed E-state index contributed by atoms with van der Waals surface area (Å²) in [5.41, 5.74) is 4.05. The number of nitrogens with zero attached hydrogens (tertiary/aromatic N) is 5. The molecule has 1 aromatic heterocycles. The zero-order chi connectivity index (χ0) is 32.0. The fourth-order valence-corrected chi connectivity index (χ4v) is 5.60. The number of nitrogens with one attached hydrogen (secondary N) is 1. The van der Waals surface area contributed by atoms with Crippen LogP contribution < -0.4 is 19.9 Å². The summed E-state index contributed by atoms with van der Waals surface area (Å²) in [6.07, 6.45) is 12.0. The highest BCUT2D eigenvalue weighted by Crippen LogP contribution is 2.34. The Bertz CT molecular complexity index is 1580. The topological polar surface area (TPSA) is 94.4 Å². The quantitative estimate of drug-likeness (QED) is 0.0996. The summed E-state index contributed by atoms with van der Waals surface area (Å²) in [5, 5.41) is 15.0. The number of nitriles is 1. The minimum atomic E-state index is 0.0536. The molecule has 0 saturated heterocycles. The van der Waals surface area contributed by atoms with Crippen LogP contribution in [-0.4, -0.2) is 42.0 Å². The molecule has 1 aliphatic rings. The van der Waals surface area contributed by atoms with Gasteiger partial charge in [0.05, 0.1) is 24.0 Å². The Hall–Kier alpha value is -4.90. The van der Waals surface area contributed by atoms with E-state index in [9.17, 15) is 10.1 Å². The predicted molar refractivity (Wildman–Crippen MR) is 183 cm³/mol. The standard InChI is InChI=1S/C37H44N6O2/c1-5-13-30(39-22-6-2)27-45-37-40-34-26-42(35-18-12-15-29-14-8-9-17-32(29)35)24-20-33(34)36(41-37)43(25-28(4)19-21-38)23-11-10-16-31(44)7-3/h5-9,12-15,17-18,22,28,39H,1,3,10-11,16,19-20,23-27H2,2,4H3/b22-6-,30-13-/t28-/m0/s1. The lowest BCUT2D eigenvalue weighted by Crippen LogP contribution is -2.36. The van der Waals surface area contributed by atoms with E-state index >= 15 is 0 Å². The second-order valence-electron chi connectivity index (χ2n) is 11.3. The Morgan fingerprint density at radius 3 is 2.80 bits per heavy atom. The minimum absolute atomic E-state index is 0.0536. The number of hydrogen-bond acceptors (Lipinski definition) is 8. The molecule has 0 amide bonds. The number of aromatic nitrogens is 2. The molecule has 0 spiro atoms.